The molecule has 1 aliphatic rings. The topological polar surface area (TPSA) is 184 Å². The molecular formula is C7H13O11P3S-4. The summed E-state index contributed by atoms with van der Waals surface area (Å²) < 4.78 is 37.9. The number of ether oxygens (including phenoxy) is 1. The van der Waals surface area contributed by atoms with Crippen LogP contribution in [0.5, 0.6) is 0 Å². The first-order valence-corrected chi connectivity index (χ1v) is 11.2. The maximum absolute atomic E-state index is 11.6. The minimum absolute atomic E-state index is 0.250. The van der Waals surface area contributed by atoms with Gasteiger partial charge in [-0.2, -0.15) is 0 Å². The Morgan fingerprint density at radius 1 is 1.18 bits per heavy atom. The fourth-order valence-electron chi connectivity index (χ4n) is 1.68. The first-order chi connectivity index (χ1) is 9.72. The number of rotatable bonds is 7. The average molecular weight is 398 g/mol. The lowest BCUT2D eigenvalue weighted by Gasteiger charge is -2.39. The Balaban J connectivity index is 2.60. The lowest BCUT2D eigenvalue weighted by Crippen LogP contribution is -2.30. The van der Waals surface area contributed by atoms with Gasteiger partial charge in [-0.25, -0.2) is 0 Å². The molecule has 1 rings (SSSR count). The molecule has 2 unspecified atom stereocenters. The van der Waals surface area contributed by atoms with E-state index >= 15 is 0 Å². The molecule has 0 amide bonds. The van der Waals surface area contributed by atoms with Crippen molar-refractivity contribution in [3.8, 4) is 0 Å². The smallest absolute Gasteiger partial charge is 0.276 e. The number of phosphoric acid groups is 2. The van der Waals surface area contributed by atoms with E-state index in [0.29, 0.717) is 0 Å². The normalized spacial score (nSPS) is 35.0. The predicted molar refractivity (Wildman–Crippen MR) is 67.1 cm³/mol. The lowest BCUT2D eigenvalue weighted by molar-refractivity contribution is -0.339. The molecule has 0 aromatic carbocycles. The number of aliphatic hydroxyl groups excluding tert-OH is 1. The minimum Gasteiger partial charge on any atom is -0.790 e. The molecule has 1 fully saturated rings. The van der Waals surface area contributed by atoms with Gasteiger partial charge in [-0.05, 0) is 6.92 Å². The van der Waals surface area contributed by atoms with E-state index in [2.05, 4.69) is 25.0 Å². The second-order valence-corrected chi connectivity index (χ2v) is 10.1. The Labute approximate surface area is 131 Å². The highest BCUT2D eigenvalue weighted by molar-refractivity contribution is 8.07. The van der Waals surface area contributed by atoms with E-state index in [-0.39, 0.29) is 12.0 Å². The van der Waals surface area contributed by atoms with Crippen molar-refractivity contribution in [3.05, 3.63) is 0 Å². The zero-order valence-electron chi connectivity index (χ0n) is 11.3. The van der Waals surface area contributed by atoms with Crippen molar-refractivity contribution in [1.29, 1.82) is 0 Å². The molecule has 0 bridgehead atoms. The number of hydrogen-bond acceptors (Lipinski definition) is 12. The highest BCUT2D eigenvalue weighted by Gasteiger charge is 2.38. The molecule has 1 aliphatic heterocycles. The van der Waals surface area contributed by atoms with Gasteiger partial charge in [0.25, 0.3) is 7.82 Å². The third-order valence-electron chi connectivity index (χ3n) is 2.85. The Kier molecular flexibility index (Phi) is 6.93. The van der Waals surface area contributed by atoms with Crippen molar-refractivity contribution in [3.63, 3.8) is 0 Å². The third kappa shape index (κ3) is 6.70. The van der Waals surface area contributed by atoms with Crippen LogP contribution in [0.25, 0.3) is 0 Å². The molecule has 6 atom stereocenters. The second-order valence-electron chi connectivity index (χ2n) is 4.53. The highest BCUT2D eigenvalue weighted by Crippen LogP contribution is 2.60. The van der Waals surface area contributed by atoms with Gasteiger partial charge in [0, 0.05) is 5.92 Å². The summed E-state index contributed by atoms with van der Waals surface area (Å²) in [6.07, 6.45) is -2.22. The van der Waals surface area contributed by atoms with Crippen LogP contribution in [0, 0.1) is 5.92 Å². The summed E-state index contributed by atoms with van der Waals surface area (Å²) in [4.78, 5) is 43.1. The Hall–Kier alpha value is 0.750. The molecule has 0 aromatic rings. The van der Waals surface area contributed by atoms with Gasteiger partial charge in [-0.15, -0.1) is 0 Å². The summed E-state index contributed by atoms with van der Waals surface area (Å²) in [7, 11) is -11.7. The zero-order chi connectivity index (χ0) is 17.3. The van der Waals surface area contributed by atoms with Crippen LogP contribution in [0.3, 0.4) is 0 Å². The molecular weight excluding hydrogens is 385 g/mol. The van der Waals surface area contributed by atoms with Crippen LogP contribution in [-0.2, 0) is 38.8 Å². The van der Waals surface area contributed by atoms with E-state index in [1.807, 2.05) is 0 Å². The van der Waals surface area contributed by atoms with E-state index in [1.54, 1.807) is 13.8 Å². The molecule has 1 N–H and O–H groups in total. The van der Waals surface area contributed by atoms with Gasteiger partial charge in [0.2, 0.25) is 0 Å². The van der Waals surface area contributed by atoms with Crippen molar-refractivity contribution in [2.75, 3.05) is 6.61 Å². The van der Waals surface area contributed by atoms with Crippen LogP contribution < -0.4 is 19.6 Å². The predicted octanol–water partition coefficient (Wildman–Crippen LogP) is -2.30. The summed E-state index contributed by atoms with van der Waals surface area (Å²) in [6, 6.07) is 0. The van der Waals surface area contributed by atoms with Crippen LogP contribution in [0.2, 0.25) is 0 Å². The van der Waals surface area contributed by atoms with E-state index in [4.69, 9.17) is 4.74 Å². The summed E-state index contributed by atoms with van der Waals surface area (Å²) >= 11 is 4.24. The Bertz CT molecular complexity index is 534. The van der Waals surface area contributed by atoms with Crippen LogP contribution in [0.1, 0.15) is 13.8 Å². The first kappa shape index (κ1) is 20.8. The molecule has 1 heterocycles. The Morgan fingerprint density at radius 3 is 2.14 bits per heavy atom. The van der Waals surface area contributed by atoms with E-state index in [9.17, 15) is 33.8 Å². The van der Waals surface area contributed by atoms with E-state index in [1.165, 1.54) is 0 Å². The summed E-state index contributed by atoms with van der Waals surface area (Å²) in [5, 5.41) is 9.78. The fourth-order valence-corrected chi connectivity index (χ4v) is 5.47. The monoisotopic (exact) mass is 398 g/mol. The SMILES string of the molecule is C[C@@H]1[C@H](O)[C@@H](COP([O-])(=S)OP(=O)([O-])OP(=O)([O-])[O-])O[C@H]1C. The van der Waals surface area contributed by atoms with Gasteiger partial charge in [0.15, 0.2) is 0 Å². The molecule has 0 saturated carbocycles. The molecule has 22 heavy (non-hydrogen) atoms. The maximum atomic E-state index is 11.6. The lowest BCUT2D eigenvalue weighted by atomic mass is 10.00. The van der Waals surface area contributed by atoms with Gasteiger partial charge >= 0.3 is 0 Å². The van der Waals surface area contributed by atoms with Crippen molar-refractivity contribution >= 4 is 34.2 Å². The van der Waals surface area contributed by atoms with Crippen molar-refractivity contribution in [2.24, 2.45) is 5.92 Å². The van der Waals surface area contributed by atoms with Gasteiger partial charge in [0.1, 0.15) is 12.8 Å². The highest BCUT2D eigenvalue weighted by atomic mass is 32.5. The molecule has 0 aromatic heterocycles. The van der Waals surface area contributed by atoms with Crippen LogP contribution >= 0.6 is 22.4 Å². The summed E-state index contributed by atoms with van der Waals surface area (Å²) in [5.74, 6) is -0.250. The van der Waals surface area contributed by atoms with Crippen molar-refractivity contribution < 1.29 is 51.7 Å². The summed E-state index contributed by atoms with van der Waals surface area (Å²) in [6.45, 7) is -1.92. The molecule has 0 spiro atoms. The van der Waals surface area contributed by atoms with Gasteiger partial charge in [0.05, 0.1) is 26.6 Å². The molecule has 0 radical (unpaired) electrons. The summed E-state index contributed by atoms with van der Waals surface area (Å²) in [5.41, 5.74) is 0. The zero-order valence-corrected chi connectivity index (χ0v) is 14.8. The van der Waals surface area contributed by atoms with Crippen LogP contribution in [-0.4, -0.2) is 30.0 Å². The number of aliphatic hydroxyl groups is 1. The molecule has 11 nitrogen and oxygen atoms in total. The van der Waals surface area contributed by atoms with Crippen LogP contribution in [0.4, 0.5) is 0 Å². The van der Waals surface area contributed by atoms with E-state index < -0.39 is 41.2 Å². The van der Waals surface area contributed by atoms with Crippen LogP contribution in [0.15, 0.2) is 0 Å². The van der Waals surface area contributed by atoms with Gasteiger partial charge in [-0.3, -0.25) is 13.2 Å². The molecule has 132 valence electrons. The quantitative estimate of drug-likeness (QED) is 0.453. The fraction of sp³-hybridized carbons (Fsp3) is 1.00. The standard InChI is InChI=1S/C7H17O11P3S/c1-4-5(2)16-6(7(4)8)3-15-21(14,22)18-20(12,13)17-19(9,10)11/h4-8H,3H2,1-2H3,(H,12,13)(H,14,22)(H2,9,10,11)/p-4/t4-,5-,6+,7-,21?/m0/s1. The largest absolute Gasteiger partial charge is 0.790 e. The van der Waals surface area contributed by atoms with E-state index in [0.717, 1.165) is 0 Å². The van der Waals surface area contributed by atoms with Crippen molar-refractivity contribution in [1.82, 2.24) is 0 Å². The first-order valence-electron chi connectivity index (χ1n) is 5.77. The van der Waals surface area contributed by atoms with Crippen molar-refractivity contribution in [2.45, 2.75) is 32.2 Å². The third-order valence-corrected chi connectivity index (χ3v) is 7.43. The minimum atomic E-state index is -5.93. The molecule has 1 saturated heterocycles. The maximum Gasteiger partial charge on any atom is 0.276 e. The average Bonchev–Trinajstić information content (AvgIpc) is 2.49. The molecule has 15 heteroatoms. The number of hydrogen-bond donors (Lipinski definition) is 1. The Morgan fingerprint density at radius 2 is 1.73 bits per heavy atom. The molecule has 0 aliphatic carbocycles. The van der Waals surface area contributed by atoms with Gasteiger partial charge in [-0.1, -0.05) is 18.7 Å². The van der Waals surface area contributed by atoms with Gasteiger partial charge < -0.3 is 38.5 Å². The second kappa shape index (κ2) is 7.33.